The number of hydrogen-bond donors (Lipinski definition) is 0. The van der Waals surface area contributed by atoms with E-state index in [2.05, 4.69) is 4.99 Å². The monoisotopic (exact) mass is 243 g/mol. The van der Waals surface area contributed by atoms with Gasteiger partial charge < -0.3 is 9.15 Å². The Morgan fingerprint density at radius 1 is 1.22 bits per heavy atom. The van der Waals surface area contributed by atoms with Crippen LogP contribution in [0.1, 0.15) is 11.3 Å². The summed E-state index contributed by atoms with van der Waals surface area (Å²) in [7, 11) is 0. The first-order valence-corrected chi connectivity index (χ1v) is 5.60. The second kappa shape index (κ2) is 6.39. The van der Waals surface area contributed by atoms with E-state index in [0.717, 1.165) is 11.3 Å². The highest BCUT2D eigenvalue weighted by molar-refractivity contribution is 5.79. The van der Waals surface area contributed by atoms with Crippen molar-refractivity contribution in [3.05, 3.63) is 60.1 Å². The molecule has 0 fully saturated rings. The van der Waals surface area contributed by atoms with Gasteiger partial charge in [-0.15, -0.1) is 0 Å². The van der Waals surface area contributed by atoms with Gasteiger partial charge >= 0.3 is 6.09 Å². The summed E-state index contributed by atoms with van der Waals surface area (Å²) in [5, 5.41) is 0. The summed E-state index contributed by atoms with van der Waals surface area (Å²) in [6, 6.07) is 13.1. The number of benzene rings is 1. The molecule has 4 nitrogen and oxygen atoms in total. The van der Waals surface area contributed by atoms with Crippen LogP contribution in [-0.4, -0.2) is 12.3 Å². The fourth-order valence-electron chi connectivity index (χ4n) is 1.40. The molecule has 2 rings (SSSR count). The Morgan fingerprint density at radius 3 is 2.78 bits per heavy atom. The number of aliphatic imine (C=N–C) groups is 1. The van der Waals surface area contributed by atoms with E-state index in [0.29, 0.717) is 6.42 Å². The van der Waals surface area contributed by atoms with Gasteiger partial charge in [0.25, 0.3) is 0 Å². The van der Waals surface area contributed by atoms with Crippen molar-refractivity contribution in [2.75, 3.05) is 0 Å². The summed E-state index contributed by atoms with van der Waals surface area (Å²) in [6.45, 7) is 0.234. The number of carbonyl (C=O) groups is 1. The highest BCUT2D eigenvalue weighted by Crippen LogP contribution is 2.02. The van der Waals surface area contributed by atoms with Crippen molar-refractivity contribution in [3.63, 3.8) is 0 Å². The lowest BCUT2D eigenvalue weighted by Gasteiger charge is -2.00. The van der Waals surface area contributed by atoms with Gasteiger partial charge in [-0.05, 0) is 17.7 Å². The van der Waals surface area contributed by atoms with Gasteiger partial charge in [0.15, 0.2) is 0 Å². The van der Waals surface area contributed by atoms with E-state index in [1.165, 1.54) is 6.21 Å². The molecule has 4 heteroatoms. The van der Waals surface area contributed by atoms with Gasteiger partial charge in [-0.2, -0.15) is 4.99 Å². The standard InChI is InChI=1S/C14H13NO3/c16-14(15-9-8-13-7-4-10-17-13)18-11-12-5-2-1-3-6-12/h1-7,9-10H,8,11H2. The molecule has 0 saturated heterocycles. The molecule has 92 valence electrons. The summed E-state index contributed by atoms with van der Waals surface area (Å²) in [5.41, 5.74) is 0.937. The molecule has 1 aromatic carbocycles. The average Bonchev–Trinajstić information content (AvgIpc) is 2.91. The minimum Gasteiger partial charge on any atom is -0.469 e. The van der Waals surface area contributed by atoms with Crippen LogP contribution in [0, 0.1) is 0 Å². The molecule has 0 N–H and O–H groups in total. The number of amides is 1. The van der Waals surface area contributed by atoms with Crippen molar-refractivity contribution < 1.29 is 13.9 Å². The van der Waals surface area contributed by atoms with E-state index in [-0.39, 0.29) is 6.61 Å². The smallest absolute Gasteiger partial charge is 0.433 e. The van der Waals surface area contributed by atoms with Gasteiger partial charge in [-0.25, -0.2) is 4.79 Å². The van der Waals surface area contributed by atoms with Gasteiger partial charge in [-0.1, -0.05) is 30.3 Å². The van der Waals surface area contributed by atoms with Crippen LogP contribution in [0.15, 0.2) is 58.1 Å². The first-order valence-electron chi connectivity index (χ1n) is 5.60. The fourth-order valence-corrected chi connectivity index (χ4v) is 1.40. The Morgan fingerprint density at radius 2 is 2.06 bits per heavy atom. The molecular formula is C14H13NO3. The summed E-state index contributed by atoms with van der Waals surface area (Å²) < 4.78 is 10.1. The van der Waals surface area contributed by atoms with Crippen molar-refractivity contribution in [3.8, 4) is 0 Å². The lowest BCUT2D eigenvalue weighted by atomic mass is 10.2. The number of rotatable bonds is 4. The summed E-state index contributed by atoms with van der Waals surface area (Å²) in [4.78, 5) is 15.0. The summed E-state index contributed by atoms with van der Waals surface area (Å²) >= 11 is 0. The first kappa shape index (κ1) is 12.1. The van der Waals surface area contributed by atoms with Crippen LogP contribution >= 0.6 is 0 Å². The third-order valence-corrected chi connectivity index (χ3v) is 2.27. The van der Waals surface area contributed by atoms with Gasteiger partial charge in [0.05, 0.1) is 6.26 Å². The Balaban J connectivity index is 1.74. The van der Waals surface area contributed by atoms with Crippen LogP contribution in [0.2, 0.25) is 0 Å². The molecule has 0 aliphatic heterocycles. The maximum atomic E-state index is 11.3. The maximum Gasteiger partial charge on any atom is 0.433 e. The minimum absolute atomic E-state index is 0.234. The van der Waals surface area contributed by atoms with Crippen molar-refractivity contribution in [2.24, 2.45) is 4.99 Å². The van der Waals surface area contributed by atoms with E-state index < -0.39 is 6.09 Å². The molecule has 0 aliphatic carbocycles. The van der Waals surface area contributed by atoms with E-state index in [1.54, 1.807) is 12.3 Å². The molecule has 0 spiro atoms. The molecule has 0 aliphatic rings. The highest BCUT2D eigenvalue weighted by atomic mass is 16.5. The predicted molar refractivity (Wildman–Crippen MR) is 67.5 cm³/mol. The topological polar surface area (TPSA) is 51.8 Å². The Labute approximate surface area is 105 Å². The van der Waals surface area contributed by atoms with Crippen LogP contribution in [0.25, 0.3) is 0 Å². The molecule has 0 radical (unpaired) electrons. The van der Waals surface area contributed by atoms with Crippen LogP contribution in [0.5, 0.6) is 0 Å². The first-order chi connectivity index (χ1) is 8.84. The molecule has 1 aromatic heterocycles. The second-order valence-electron chi connectivity index (χ2n) is 3.64. The second-order valence-corrected chi connectivity index (χ2v) is 3.64. The van der Waals surface area contributed by atoms with Crippen LogP contribution in [-0.2, 0) is 17.8 Å². The predicted octanol–water partition coefficient (Wildman–Crippen LogP) is 3.23. The van der Waals surface area contributed by atoms with Crippen molar-refractivity contribution in [2.45, 2.75) is 13.0 Å². The van der Waals surface area contributed by atoms with Crippen LogP contribution in [0.4, 0.5) is 4.79 Å². The zero-order chi connectivity index (χ0) is 12.6. The molecular weight excluding hydrogens is 230 g/mol. The van der Waals surface area contributed by atoms with Gasteiger partial charge in [0, 0.05) is 12.6 Å². The number of ether oxygens (including phenoxy) is 1. The normalized spacial score (nSPS) is 10.7. The zero-order valence-corrected chi connectivity index (χ0v) is 9.78. The molecule has 1 heterocycles. The van der Waals surface area contributed by atoms with Crippen molar-refractivity contribution >= 4 is 12.3 Å². The zero-order valence-electron chi connectivity index (χ0n) is 9.78. The molecule has 0 saturated carbocycles. The summed E-state index contributed by atoms with van der Waals surface area (Å²) in [6.07, 6.45) is 2.95. The van der Waals surface area contributed by atoms with E-state index >= 15 is 0 Å². The SMILES string of the molecule is O=C(N=CCc1ccco1)OCc1ccccc1. The molecule has 1 amide bonds. The van der Waals surface area contributed by atoms with Crippen LogP contribution < -0.4 is 0 Å². The third kappa shape index (κ3) is 3.90. The van der Waals surface area contributed by atoms with Gasteiger partial charge in [-0.3, -0.25) is 0 Å². The fraction of sp³-hybridized carbons (Fsp3) is 0.143. The molecule has 0 atom stereocenters. The average molecular weight is 243 g/mol. The molecule has 18 heavy (non-hydrogen) atoms. The van der Waals surface area contributed by atoms with Gasteiger partial charge in [0.2, 0.25) is 0 Å². The van der Waals surface area contributed by atoms with E-state index in [4.69, 9.17) is 9.15 Å². The number of nitrogens with zero attached hydrogens (tertiary/aromatic N) is 1. The Bertz CT molecular complexity index is 503. The lowest BCUT2D eigenvalue weighted by Crippen LogP contribution is -2.00. The number of furan rings is 1. The summed E-state index contributed by atoms with van der Waals surface area (Å²) in [5.74, 6) is 0.759. The maximum absolute atomic E-state index is 11.3. The third-order valence-electron chi connectivity index (χ3n) is 2.27. The molecule has 2 aromatic rings. The number of hydrogen-bond acceptors (Lipinski definition) is 3. The Kier molecular flexibility index (Phi) is 4.30. The van der Waals surface area contributed by atoms with Crippen molar-refractivity contribution in [1.82, 2.24) is 0 Å². The van der Waals surface area contributed by atoms with E-state index in [9.17, 15) is 4.79 Å². The quantitative estimate of drug-likeness (QED) is 0.774. The molecule has 0 bridgehead atoms. The highest BCUT2D eigenvalue weighted by Gasteiger charge is 1.99. The van der Waals surface area contributed by atoms with E-state index in [1.807, 2.05) is 36.4 Å². The lowest BCUT2D eigenvalue weighted by molar-refractivity contribution is 0.151. The van der Waals surface area contributed by atoms with Crippen LogP contribution in [0.3, 0.4) is 0 Å². The largest absolute Gasteiger partial charge is 0.469 e. The Hall–Kier alpha value is -2.36. The molecule has 0 unspecified atom stereocenters. The minimum atomic E-state index is -0.592. The number of carbonyl (C=O) groups excluding carboxylic acids is 1. The van der Waals surface area contributed by atoms with Crippen molar-refractivity contribution in [1.29, 1.82) is 0 Å². The van der Waals surface area contributed by atoms with Gasteiger partial charge in [0.1, 0.15) is 12.4 Å².